The van der Waals surface area contributed by atoms with Crippen molar-refractivity contribution < 1.29 is 23.7 Å². The normalized spacial score (nSPS) is 21.6. The lowest BCUT2D eigenvalue weighted by Gasteiger charge is -2.34. The Morgan fingerprint density at radius 3 is 2.62 bits per heavy atom. The molecule has 1 aliphatic carbocycles. The minimum atomic E-state index is -0.435. The molecule has 34 heavy (non-hydrogen) atoms. The van der Waals surface area contributed by atoms with Gasteiger partial charge in [0, 0.05) is 34.3 Å². The highest BCUT2D eigenvalue weighted by Gasteiger charge is 2.28. The predicted molar refractivity (Wildman–Crippen MR) is 138 cm³/mol. The summed E-state index contributed by atoms with van der Waals surface area (Å²) >= 11 is 4.66. The van der Waals surface area contributed by atoms with E-state index in [-0.39, 0.29) is 18.1 Å². The van der Waals surface area contributed by atoms with Gasteiger partial charge in [-0.15, -0.1) is 12.6 Å². The summed E-state index contributed by atoms with van der Waals surface area (Å²) in [5.41, 5.74) is 2.09. The maximum Gasteiger partial charge on any atom is 0.221 e. The van der Waals surface area contributed by atoms with Gasteiger partial charge in [-0.1, -0.05) is 6.08 Å². The van der Waals surface area contributed by atoms with Crippen molar-refractivity contribution in [1.82, 2.24) is 10.2 Å². The third-order valence-corrected chi connectivity index (χ3v) is 6.77. The summed E-state index contributed by atoms with van der Waals surface area (Å²) in [6.45, 7) is 5.14. The van der Waals surface area contributed by atoms with Gasteiger partial charge in [0.25, 0.3) is 0 Å². The highest BCUT2D eigenvalue weighted by Crippen LogP contribution is 2.28. The number of carbonyl (C=O) groups excluding carboxylic acids is 1. The van der Waals surface area contributed by atoms with Crippen LogP contribution in [0.15, 0.2) is 46.2 Å². The van der Waals surface area contributed by atoms with Crippen LogP contribution >= 0.6 is 12.6 Å². The SMILES string of the molecule is COC/C=C(\C=C(\OC)C(C)OC)C(N/C=C/C1=C(S)CCCC1)N(CC1CCCO1)C(C)=O. The molecule has 0 aromatic carbocycles. The van der Waals surface area contributed by atoms with Gasteiger partial charge in [-0.3, -0.25) is 4.79 Å². The van der Waals surface area contributed by atoms with E-state index < -0.39 is 6.17 Å². The van der Waals surface area contributed by atoms with Crippen LogP contribution in [0.2, 0.25) is 0 Å². The van der Waals surface area contributed by atoms with E-state index in [1.165, 1.54) is 18.4 Å². The summed E-state index contributed by atoms with van der Waals surface area (Å²) < 4.78 is 22.3. The third-order valence-electron chi connectivity index (χ3n) is 6.26. The smallest absolute Gasteiger partial charge is 0.221 e. The van der Waals surface area contributed by atoms with E-state index in [0.717, 1.165) is 42.8 Å². The summed E-state index contributed by atoms with van der Waals surface area (Å²) in [6, 6.07) is 0. The Morgan fingerprint density at radius 2 is 2.03 bits per heavy atom. The van der Waals surface area contributed by atoms with Gasteiger partial charge in [0.2, 0.25) is 5.91 Å². The maximum atomic E-state index is 12.9. The molecule has 0 aromatic heterocycles. The molecule has 0 bridgehead atoms. The molecular weight excluding hydrogens is 452 g/mol. The van der Waals surface area contributed by atoms with Crippen molar-refractivity contribution in [1.29, 1.82) is 0 Å². The van der Waals surface area contributed by atoms with E-state index in [4.69, 9.17) is 18.9 Å². The maximum absolute atomic E-state index is 12.9. The first-order chi connectivity index (χ1) is 16.4. The number of nitrogens with zero attached hydrogens (tertiary/aromatic N) is 1. The van der Waals surface area contributed by atoms with Gasteiger partial charge in [0.1, 0.15) is 18.0 Å². The van der Waals surface area contributed by atoms with Gasteiger partial charge < -0.3 is 29.2 Å². The number of hydrogen-bond acceptors (Lipinski definition) is 7. The van der Waals surface area contributed by atoms with Crippen LogP contribution in [0.25, 0.3) is 0 Å². The molecule has 3 atom stereocenters. The molecule has 0 radical (unpaired) electrons. The van der Waals surface area contributed by atoms with Crippen LogP contribution in [0, 0.1) is 0 Å². The average molecular weight is 495 g/mol. The van der Waals surface area contributed by atoms with E-state index in [0.29, 0.717) is 18.9 Å². The number of hydrogen-bond donors (Lipinski definition) is 2. The second-order valence-corrected chi connectivity index (χ2v) is 9.22. The molecule has 192 valence electrons. The Kier molecular flexibility index (Phi) is 12.8. The number of amides is 1. The average Bonchev–Trinajstić information content (AvgIpc) is 3.35. The summed E-state index contributed by atoms with van der Waals surface area (Å²) in [6.07, 6.45) is 13.6. The van der Waals surface area contributed by atoms with E-state index in [1.807, 2.05) is 30.2 Å². The fourth-order valence-corrected chi connectivity index (χ4v) is 4.52. The van der Waals surface area contributed by atoms with Gasteiger partial charge >= 0.3 is 0 Å². The number of thiol groups is 1. The summed E-state index contributed by atoms with van der Waals surface area (Å²) in [5.74, 6) is 0.623. The minimum absolute atomic E-state index is 0.0229. The molecule has 3 unspecified atom stereocenters. The van der Waals surface area contributed by atoms with E-state index in [2.05, 4.69) is 24.0 Å². The quantitative estimate of drug-likeness (QED) is 0.172. The van der Waals surface area contributed by atoms with Crippen LogP contribution in [0.3, 0.4) is 0 Å². The zero-order valence-corrected chi connectivity index (χ0v) is 22.2. The molecule has 1 heterocycles. The number of methoxy groups -OCH3 is 3. The first-order valence-corrected chi connectivity index (χ1v) is 12.6. The Morgan fingerprint density at radius 1 is 1.26 bits per heavy atom. The molecule has 2 aliphatic rings. The second-order valence-electron chi connectivity index (χ2n) is 8.68. The lowest BCUT2D eigenvalue weighted by atomic mass is 9.99. The Bertz CT molecular complexity index is 771. The van der Waals surface area contributed by atoms with Crippen LogP contribution < -0.4 is 5.32 Å². The molecule has 1 aliphatic heterocycles. The molecule has 0 aromatic rings. The fraction of sp³-hybridized carbons (Fsp3) is 0.654. The van der Waals surface area contributed by atoms with Gasteiger partial charge in [-0.2, -0.15) is 0 Å². The van der Waals surface area contributed by atoms with Crippen LogP contribution in [-0.4, -0.2) is 70.3 Å². The standard InChI is InChI=1S/C26H42N2O5S/c1-19(31-4)24(32-5)17-22(13-16-30-3)26(27-14-12-21-9-6-7-11-25(21)34)28(20(2)29)18-23-10-8-15-33-23/h12-14,17,19,23,26-27,34H,6-11,15-16,18H2,1-5H3/b14-12+,22-13+,24-17+. The van der Waals surface area contributed by atoms with Crippen molar-refractivity contribution in [3.05, 3.63) is 46.2 Å². The first-order valence-electron chi connectivity index (χ1n) is 12.1. The van der Waals surface area contributed by atoms with Gasteiger partial charge in [0.15, 0.2) is 0 Å². The lowest BCUT2D eigenvalue weighted by molar-refractivity contribution is -0.132. The van der Waals surface area contributed by atoms with Gasteiger partial charge in [0.05, 0.1) is 19.8 Å². The molecule has 1 amide bonds. The second kappa shape index (κ2) is 15.3. The van der Waals surface area contributed by atoms with Crippen molar-refractivity contribution in [2.24, 2.45) is 0 Å². The van der Waals surface area contributed by atoms with Crippen LogP contribution in [0.5, 0.6) is 0 Å². The molecule has 2 rings (SSSR count). The molecular formula is C26H42N2O5S. The number of allylic oxidation sites excluding steroid dienone is 3. The number of rotatable bonds is 13. The van der Waals surface area contributed by atoms with Gasteiger partial charge in [-0.05, 0) is 79.9 Å². The van der Waals surface area contributed by atoms with Crippen molar-refractivity contribution in [2.75, 3.05) is 41.1 Å². The van der Waals surface area contributed by atoms with E-state index in [9.17, 15) is 4.79 Å². The van der Waals surface area contributed by atoms with Crippen molar-refractivity contribution in [2.45, 2.75) is 70.7 Å². The summed E-state index contributed by atoms with van der Waals surface area (Å²) in [5, 5.41) is 3.47. The highest BCUT2D eigenvalue weighted by atomic mass is 32.1. The lowest BCUT2D eigenvalue weighted by Crippen LogP contribution is -2.50. The molecule has 0 spiro atoms. The zero-order valence-electron chi connectivity index (χ0n) is 21.3. The summed E-state index contributed by atoms with van der Waals surface area (Å²) in [4.78, 5) is 15.8. The molecule has 8 heteroatoms. The predicted octanol–water partition coefficient (Wildman–Crippen LogP) is 4.34. The first kappa shape index (κ1) is 28.5. The monoisotopic (exact) mass is 494 g/mol. The van der Waals surface area contributed by atoms with Gasteiger partial charge in [-0.25, -0.2) is 0 Å². The van der Waals surface area contributed by atoms with Crippen molar-refractivity contribution >= 4 is 18.5 Å². The van der Waals surface area contributed by atoms with Crippen LogP contribution in [-0.2, 0) is 23.7 Å². The topological polar surface area (TPSA) is 69.3 Å². The third kappa shape index (κ3) is 8.80. The number of nitrogens with one attached hydrogen (secondary N) is 1. The minimum Gasteiger partial charge on any atom is -0.498 e. The number of ether oxygens (including phenoxy) is 4. The Labute approximate surface area is 210 Å². The number of carbonyl (C=O) groups is 1. The Balaban J connectivity index is 2.43. The molecule has 1 saturated heterocycles. The fourth-order valence-electron chi connectivity index (χ4n) is 4.17. The highest BCUT2D eigenvalue weighted by molar-refractivity contribution is 7.84. The van der Waals surface area contributed by atoms with Crippen LogP contribution in [0.4, 0.5) is 0 Å². The molecule has 1 fully saturated rings. The van der Waals surface area contributed by atoms with E-state index >= 15 is 0 Å². The van der Waals surface area contributed by atoms with Crippen LogP contribution in [0.1, 0.15) is 52.4 Å². The zero-order chi connectivity index (χ0) is 24.9. The molecule has 7 nitrogen and oxygen atoms in total. The summed E-state index contributed by atoms with van der Waals surface area (Å²) in [7, 11) is 4.91. The molecule has 0 saturated carbocycles. The van der Waals surface area contributed by atoms with Crippen molar-refractivity contribution in [3.63, 3.8) is 0 Å². The Hall–Kier alpha value is -1.74. The van der Waals surface area contributed by atoms with E-state index in [1.54, 1.807) is 28.3 Å². The molecule has 1 N–H and O–H groups in total. The largest absolute Gasteiger partial charge is 0.498 e. The van der Waals surface area contributed by atoms with Crippen molar-refractivity contribution in [3.8, 4) is 0 Å².